The third-order valence-electron chi connectivity index (χ3n) is 4.32. The molecule has 0 atom stereocenters. The normalized spacial score (nSPS) is 10.2. The molecule has 0 rings (SSSR count). The van der Waals surface area contributed by atoms with Crippen LogP contribution in [0, 0.1) is 17.8 Å². The number of unbranched alkanes of at least 4 members (excludes halogenated alkanes) is 6. The molecule has 0 aromatic heterocycles. The van der Waals surface area contributed by atoms with E-state index in [0.29, 0.717) is 19.8 Å². The standard InChI is InChI=1S/3C8H18O.C2H5.Sn.H/c3*1-8(2)6-4-3-5-7-9;1-2;;/h3*8-9H,3-7H2,1-2H3;1H2,2H3;;. The Kier molecular flexibility index (Phi) is 46.8. The van der Waals surface area contributed by atoms with E-state index in [1.54, 1.807) is 0 Å². The maximum absolute atomic E-state index is 8.43. The molecule has 4 heteroatoms. The second-order valence-corrected chi connectivity index (χ2v) is 11.6. The first-order valence-electron chi connectivity index (χ1n) is 12.8. The SMILES string of the molecule is CC(C)CCCCCO.CC(C)CCCCCO.CC(C)CCCCCO.C[CH2][SnH]. The Hall–Kier alpha value is 0.679. The van der Waals surface area contributed by atoms with Crippen LogP contribution in [-0.2, 0) is 0 Å². The maximum atomic E-state index is 8.43. The summed E-state index contributed by atoms with van der Waals surface area (Å²) in [5, 5.41) is 25.3. The third-order valence-corrected chi connectivity index (χ3v) is 4.32. The molecule has 3 N–H and O–H groups in total. The second kappa shape index (κ2) is 37.0. The summed E-state index contributed by atoms with van der Waals surface area (Å²) in [5.41, 5.74) is 0. The van der Waals surface area contributed by atoms with Gasteiger partial charge in [0.15, 0.2) is 0 Å². The molecule has 0 aliphatic carbocycles. The molecule has 0 aliphatic heterocycles. The van der Waals surface area contributed by atoms with Crippen molar-refractivity contribution in [3.8, 4) is 0 Å². The van der Waals surface area contributed by atoms with Crippen LogP contribution in [0.1, 0.15) is 126 Å². The molecule has 2 radical (unpaired) electrons. The van der Waals surface area contributed by atoms with E-state index in [1.165, 1.54) is 84.7 Å². The minimum absolute atomic E-state index is 0.359. The summed E-state index contributed by atoms with van der Waals surface area (Å²) in [6, 6.07) is 0. The van der Waals surface area contributed by atoms with Crippen molar-refractivity contribution in [2.75, 3.05) is 19.8 Å². The molecule has 0 saturated heterocycles. The summed E-state index contributed by atoms with van der Waals surface area (Å²) in [6.45, 7) is 16.7. The molecule has 0 fully saturated rings. The molecule has 0 aliphatic rings. The Morgan fingerprint density at radius 3 is 0.800 bits per heavy atom. The predicted octanol–water partition coefficient (Wildman–Crippen LogP) is 6.91. The Morgan fingerprint density at radius 2 is 0.667 bits per heavy atom. The van der Waals surface area contributed by atoms with Crippen molar-refractivity contribution in [2.45, 2.75) is 130 Å². The van der Waals surface area contributed by atoms with E-state index >= 15 is 0 Å². The number of aliphatic hydroxyl groups excluding tert-OH is 3. The minimum atomic E-state index is 0.359. The zero-order valence-corrected chi connectivity index (χ0v) is 25.3. The van der Waals surface area contributed by atoms with Gasteiger partial charge < -0.3 is 15.3 Å². The van der Waals surface area contributed by atoms with Gasteiger partial charge in [-0.15, -0.1) is 0 Å². The number of aliphatic hydroxyl groups is 3. The van der Waals surface area contributed by atoms with Crippen LogP contribution >= 0.6 is 0 Å². The van der Waals surface area contributed by atoms with Crippen LogP contribution in [0.3, 0.4) is 0 Å². The van der Waals surface area contributed by atoms with Gasteiger partial charge in [-0.25, -0.2) is 0 Å². The first-order valence-corrected chi connectivity index (χ1v) is 15.1. The zero-order valence-electron chi connectivity index (χ0n) is 22.0. The van der Waals surface area contributed by atoms with E-state index < -0.39 is 0 Å². The van der Waals surface area contributed by atoms with Crippen molar-refractivity contribution >= 4 is 22.5 Å². The molecule has 3 nitrogen and oxygen atoms in total. The van der Waals surface area contributed by atoms with Gasteiger partial charge in [-0.05, 0) is 37.0 Å². The van der Waals surface area contributed by atoms with E-state index in [2.05, 4.69) is 48.5 Å². The fourth-order valence-corrected chi connectivity index (χ4v) is 2.52. The molecule has 30 heavy (non-hydrogen) atoms. The van der Waals surface area contributed by atoms with Crippen LogP contribution in [-0.4, -0.2) is 57.7 Å². The van der Waals surface area contributed by atoms with Crippen molar-refractivity contribution in [3.63, 3.8) is 0 Å². The number of hydrogen-bond donors (Lipinski definition) is 3. The van der Waals surface area contributed by atoms with E-state index in [-0.39, 0.29) is 0 Å². The van der Waals surface area contributed by atoms with Gasteiger partial charge in [0.1, 0.15) is 0 Å². The Bertz CT molecular complexity index is 208. The molecule has 0 aromatic rings. The van der Waals surface area contributed by atoms with Gasteiger partial charge in [-0.3, -0.25) is 0 Å². The molecule has 0 unspecified atom stereocenters. The van der Waals surface area contributed by atoms with Crippen molar-refractivity contribution in [1.82, 2.24) is 0 Å². The quantitative estimate of drug-likeness (QED) is 0.157. The fraction of sp³-hybridized carbons (Fsp3) is 1.00. The Labute approximate surface area is 204 Å². The second-order valence-electron chi connectivity index (χ2n) is 9.31. The summed E-state index contributed by atoms with van der Waals surface area (Å²) >= 11 is 1.42. The van der Waals surface area contributed by atoms with Crippen molar-refractivity contribution in [2.24, 2.45) is 17.8 Å². The van der Waals surface area contributed by atoms with Crippen LogP contribution < -0.4 is 0 Å². The summed E-state index contributed by atoms with van der Waals surface area (Å²) in [4.78, 5) is 0. The van der Waals surface area contributed by atoms with E-state index in [9.17, 15) is 0 Å². The van der Waals surface area contributed by atoms with Gasteiger partial charge in [0.25, 0.3) is 0 Å². The summed E-state index contributed by atoms with van der Waals surface area (Å²) in [5.74, 6) is 2.47. The van der Waals surface area contributed by atoms with Crippen molar-refractivity contribution < 1.29 is 15.3 Å². The third kappa shape index (κ3) is 63.0. The molecule has 186 valence electrons. The number of rotatable bonds is 15. The molecule has 0 saturated carbocycles. The van der Waals surface area contributed by atoms with E-state index in [1.807, 2.05) is 0 Å². The van der Waals surface area contributed by atoms with Crippen molar-refractivity contribution in [3.05, 3.63) is 0 Å². The average molecular weight is 539 g/mol. The van der Waals surface area contributed by atoms with Gasteiger partial charge in [0.05, 0.1) is 0 Å². The molecule has 0 bridgehead atoms. The topological polar surface area (TPSA) is 60.7 Å². The van der Waals surface area contributed by atoms with E-state index in [4.69, 9.17) is 15.3 Å². The molecule has 0 amide bonds. The monoisotopic (exact) mass is 540 g/mol. The molecular formula is C26H60O3Sn. The number of hydrogen-bond acceptors (Lipinski definition) is 3. The average Bonchev–Trinajstić information content (AvgIpc) is 2.67. The van der Waals surface area contributed by atoms with Gasteiger partial charge in [-0.1, -0.05) is 99.3 Å². The van der Waals surface area contributed by atoms with Crippen LogP contribution in [0.5, 0.6) is 0 Å². The molecule has 0 spiro atoms. The molecular weight excluding hydrogens is 479 g/mol. The predicted molar refractivity (Wildman–Crippen MR) is 139 cm³/mol. The van der Waals surface area contributed by atoms with Gasteiger partial charge >= 0.3 is 33.9 Å². The van der Waals surface area contributed by atoms with E-state index in [0.717, 1.165) is 37.0 Å². The van der Waals surface area contributed by atoms with Crippen LogP contribution in [0.4, 0.5) is 0 Å². The molecule has 0 heterocycles. The molecule has 0 aromatic carbocycles. The van der Waals surface area contributed by atoms with Crippen LogP contribution in [0.25, 0.3) is 0 Å². The van der Waals surface area contributed by atoms with Crippen LogP contribution in [0.2, 0.25) is 4.44 Å². The summed E-state index contributed by atoms with van der Waals surface area (Å²) < 4.78 is 1.38. The fourth-order valence-electron chi connectivity index (χ4n) is 2.52. The van der Waals surface area contributed by atoms with Crippen molar-refractivity contribution in [1.29, 1.82) is 0 Å². The first kappa shape index (κ1) is 38.0. The Morgan fingerprint density at radius 1 is 0.467 bits per heavy atom. The van der Waals surface area contributed by atoms with Crippen LogP contribution in [0.15, 0.2) is 0 Å². The first-order chi connectivity index (χ1) is 14.2. The summed E-state index contributed by atoms with van der Waals surface area (Å²) in [7, 11) is 0. The summed E-state index contributed by atoms with van der Waals surface area (Å²) in [6.07, 6.45) is 14.2. The zero-order chi connectivity index (χ0) is 24.0. The van der Waals surface area contributed by atoms with Gasteiger partial charge in [0.2, 0.25) is 0 Å². The van der Waals surface area contributed by atoms with Gasteiger partial charge in [-0.2, -0.15) is 0 Å². The Balaban J connectivity index is -0.000000158. The van der Waals surface area contributed by atoms with Gasteiger partial charge in [0, 0.05) is 19.8 Å².